The van der Waals surface area contributed by atoms with Crippen LogP contribution < -0.4 is 5.32 Å². The molecule has 2 heterocycles. The molecule has 1 aliphatic rings. The zero-order valence-corrected chi connectivity index (χ0v) is 9.95. The Balaban J connectivity index is 1.92. The molecule has 2 rings (SSSR count). The number of ether oxygens (including phenoxy) is 1. The van der Waals surface area contributed by atoms with Gasteiger partial charge in [-0.05, 0) is 37.4 Å². The highest BCUT2D eigenvalue weighted by Gasteiger charge is 2.24. The maximum Gasteiger partial charge on any atom is 0.105 e. The van der Waals surface area contributed by atoms with E-state index < -0.39 is 0 Å². The molecule has 1 aromatic heterocycles. The smallest absolute Gasteiger partial charge is 0.105 e. The lowest BCUT2D eigenvalue weighted by Crippen LogP contribution is -2.40. The predicted octanol–water partition coefficient (Wildman–Crippen LogP) is 2.23. The first-order valence-electron chi connectivity index (χ1n) is 6.23. The zero-order valence-electron chi connectivity index (χ0n) is 9.95. The van der Waals surface area contributed by atoms with E-state index in [-0.39, 0.29) is 0 Å². The van der Waals surface area contributed by atoms with Crippen molar-refractivity contribution in [3.05, 3.63) is 24.2 Å². The summed E-state index contributed by atoms with van der Waals surface area (Å²) in [6.45, 7) is 4.99. The van der Waals surface area contributed by atoms with Gasteiger partial charge in [-0.25, -0.2) is 0 Å². The summed E-state index contributed by atoms with van der Waals surface area (Å²) in [5.74, 6) is 1.80. The van der Waals surface area contributed by atoms with Crippen LogP contribution in [0, 0.1) is 5.92 Å². The second-order valence-electron chi connectivity index (χ2n) is 4.40. The molecular weight excluding hydrogens is 202 g/mol. The minimum Gasteiger partial charge on any atom is -0.469 e. The highest BCUT2D eigenvalue weighted by Crippen LogP contribution is 2.21. The van der Waals surface area contributed by atoms with Crippen molar-refractivity contribution in [3.63, 3.8) is 0 Å². The number of furan rings is 1. The van der Waals surface area contributed by atoms with E-state index in [4.69, 9.17) is 9.15 Å². The number of hydrogen-bond acceptors (Lipinski definition) is 3. The molecule has 90 valence electrons. The Hall–Kier alpha value is -0.800. The topological polar surface area (TPSA) is 34.4 Å². The molecule has 3 heteroatoms. The Morgan fingerprint density at radius 1 is 1.44 bits per heavy atom. The molecule has 0 spiro atoms. The van der Waals surface area contributed by atoms with Gasteiger partial charge in [0.2, 0.25) is 0 Å². The van der Waals surface area contributed by atoms with Crippen LogP contribution in [0.2, 0.25) is 0 Å². The van der Waals surface area contributed by atoms with Crippen LogP contribution in [0.3, 0.4) is 0 Å². The van der Waals surface area contributed by atoms with Gasteiger partial charge in [-0.15, -0.1) is 0 Å². The molecular formula is C13H21NO2. The summed E-state index contributed by atoms with van der Waals surface area (Å²) in [5, 5.41) is 3.58. The Morgan fingerprint density at radius 3 is 2.88 bits per heavy atom. The van der Waals surface area contributed by atoms with E-state index in [1.165, 1.54) is 12.8 Å². The molecule has 16 heavy (non-hydrogen) atoms. The Bertz CT molecular complexity index is 278. The average Bonchev–Trinajstić information content (AvgIpc) is 2.83. The molecule has 1 aliphatic heterocycles. The minimum absolute atomic E-state index is 0.528. The van der Waals surface area contributed by atoms with Crippen molar-refractivity contribution in [2.45, 2.75) is 32.2 Å². The molecule has 0 aliphatic carbocycles. The molecule has 0 bridgehead atoms. The van der Waals surface area contributed by atoms with E-state index in [2.05, 4.69) is 18.3 Å². The van der Waals surface area contributed by atoms with Crippen LogP contribution in [0.15, 0.2) is 22.8 Å². The molecule has 0 saturated carbocycles. The van der Waals surface area contributed by atoms with Gasteiger partial charge in [0.15, 0.2) is 0 Å². The van der Waals surface area contributed by atoms with Crippen molar-refractivity contribution >= 4 is 0 Å². The fraction of sp³-hybridized carbons (Fsp3) is 0.692. The van der Waals surface area contributed by atoms with Gasteiger partial charge in [0, 0.05) is 25.7 Å². The van der Waals surface area contributed by atoms with E-state index in [0.29, 0.717) is 6.04 Å². The Kier molecular flexibility index (Phi) is 4.43. The van der Waals surface area contributed by atoms with Gasteiger partial charge in [0.25, 0.3) is 0 Å². The van der Waals surface area contributed by atoms with E-state index in [9.17, 15) is 0 Å². The fourth-order valence-corrected chi connectivity index (χ4v) is 2.43. The van der Waals surface area contributed by atoms with Gasteiger partial charge in [-0.1, -0.05) is 6.92 Å². The fourth-order valence-electron chi connectivity index (χ4n) is 2.43. The first-order chi connectivity index (χ1) is 7.90. The van der Waals surface area contributed by atoms with Gasteiger partial charge < -0.3 is 14.5 Å². The molecule has 1 saturated heterocycles. The molecule has 3 nitrogen and oxygen atoms in total. The lowest BCUT2D eigenvalue weighted by Gasteiger charge is -2.30. The predicted molar refractivity (Wildman–Crippen MR) is 63.4 cm³/mol. The van der Waals surface area contributed by atoms with Crippen LogP contribution in [0.1, 0.15) is 25.5 Å². The number of nitrogens with one attached hydrogen (secondary N) is 1. The van der Waals surface area contributed by atoms with Gasteiger partial charge >= 0.3 is 0 Å². The second-order valence-corrected chi connectivity index (χ2v) is 4.40. The minimum atomic E-state index is 0.528. The summed E-state index contributed by atoms with van der Waals surface area (Å²) in [5.41, 5.74) is 0. The highest BCUT2D eigenvalue weighted by atomic mass is 16.5. The van der Waals surface area contributed by atoms with Crippen LogP contribution in [0.25, 0.3) is 0 Å². The van der Waals surface area contributed by atoms with Crippen LogP contribution in [0.5, 0.6) is 0 Å². The summed E-state index contributed by atoms with van der Waals surface area (Å²) >= 11 is 0. The van der Waals surface area contributed by atoms with Crippen molar-refractivity contribution in [2.24, 2.45) is 5.92 Å². The van der Waals surface area contributed by atoms with Crippen molar-refractivity contribution in [1.82, 2.24) is 5.32 Å². The van der Waals surface area contributed by atoms with Crippen molar-refractivity contribution < 1.29 is 9.15 Å². The van der Waals surface area contributed by atoms with Gasteiger partial charge in [-0.3, -0.25) is 0 Å². The molecule has 1 fully saturated rings. The molecule has 0 aromatic carbocycles. The number of hydrogen-bond donors (Lipinski definition) is 1. The first kappa shape index (κ1) is 11.7. The monoisotopic (exact) mass is 223 g/mol. The summed E-state index contributed by atoms with van der Waals surface area (Å²) in [6.07, 6.45) is 5.07. The van der Waals surface area contributed by atoms with E-state index in [1.54, 1.807) is 6.26 Å². The maximum absolute atomic E-state index is 5.43. The quantitative estimate of drug-likeness (QED) is 0.831. The van der Waals surface area contributed by atoms with Crippen LogP contribution >= 0.6 is 0 Å². The molecule has 1 N–H and O–H groups in total. The van der Waals surface area contributed by atoms with Crippen LogP contribution in [0.4, 0.5) is 0 Å². The van der Waals surface area contributed by atoms with Gasteiger partial charge in [0.05, 0.1) is 6.26 Å². The van der Waals surface area contributed by atoms with E-state index in [0.717, 1.165) is 37.9 Å². The maximum atomic E-state index is 5.43. The largest absolute Gasteiger partial charge is 0.469 e. The van der Waals surface area contributed by atoms with E-state index >= 15 is 0 Å². The summed E-state index contributed by atoms with van der Waals surface area (Å²) < 4.78 is 10.8. The number of likely N-dealkylation sites (N-methyl/N-ethyl adjacent to an activating group) is 1. The molecule has 0 amide bonds. The van der Waals surface area contributed by atoms with E-state index in [1.807, 2.05) is 6.07 Å². The third-order valence-electron chi connectivity index (χ3n) is 3.30. The van der Waals surface area contributed by atoms with Crippen LogP contribution in [-0.4, -0.2) is 25.8 Å². The third kappa shape index (κ3) is 3.09. The normalized spacial score (nSPS) is 19.8. The lowest BCUT2D eigenvalue weighted by molar-refractivity contribution is 0.0533. The molecule has 1 unspecified atom stereocenters. The molecule has 1 aromatic rings. The lowest BCUT2D eigenvalue weighted by atomic mass is 9.89. The summed E-state index contributed by atoms with van der Waals surface area (Å²) in [7, 11) is 0. The second kappa shape index (κ2) is 6.06. The Labute approximate surface area is 97.2 Å². The third-order valence-corrected chi connectivity index (χ3v) is 3.30. The van der Waals surface area contributed by atoms with Gasteiger partial charge in [-0.2, -0.15) is 0 Å². The number of rotatable bonds is 5. The highest BCUT2D eigenvalue weighted by molar-refractivity contribution is 5.01. The van der Waals surface area contributed by atoms with Crippen molar-refractivity contribution in [1.29, 1.82) is 0 Å². The first-order valence-corrected chi connectivity index (χ1v) is 6.23. The standard InChI is InChI=1S/C13H21NO2/c1-2-14-13(10-12-4-3-7-16-12)11-5-8-15-9-6-11/h3-4,7,11,13-14H,2,5-6,8-10H2,1H3. The van der Waals surface area contributed by atoms with Crippen LogP contribution in [-0.2, 0) is 11.2 Å². The average molecular weight is 223 g/mol. The van der Waals surface area contributed by atoms with Crippen molar-refractivity contribution in [3.8, 4) is 0 Å². The zero-order chi connectivity index (χ0) is 11.2. The Morgan fingerprint density at radius 2 is 2.25 bits per heavy atom. The SMILES string of the molecule is CCNC(Cc1ccco1)C1CCOCC1. The molecule has 0 radical (unpaired) electrons. The van der Waals surface area contributed by atoms with Crippen molar-refractivity contribution in [2.75, 3.05) is 19.8 Å². The summed E-state index contributed by atoms with van der Waals surface area (Å²) in [4.78, 5) is 0. The summed E-state index contributed by atoms with van der Waals surface area (Å²) in [6, 6.07) is 4.55. The molecule has 1 atom stereocenters. The van der Waals surface area contributed by atoms with Gasteiger partial charge in [0.1, 0.15) is 5.76 Å².